The number of anilines is 3. The molecule has 1 aliphatic rings. The van der Waals surface area contributed by atoms with Gasteiger partial charge in [0.1, 0.15) is 0 Å². The van der Waals surface area contributed by atoms with E-state index in [2.05, 4.69) is 25.9 Å². The molecule has 1 fully saturated rings. The molecule has 3 heterocycles. The van der Waals surface area contributed by atoms with Crippen molar-refractivity contribution in [1.29, 1.82) is 0 Å². The first-order valence-corrected chi connectivity index (χ1v) is 14.0. The first-order chi connectivity index (χ1) is 21.4. The molecule has 0 bridgehead atoms. The Hall–Kier alpha value is -5.78. The van der Waals surface area contributed by atoms with E-state index >= 15 is 0 Å². The Kier molecular flexibility index (Phi) is 9.40. The number of carbonyl (C=O) groups is 4. The van der Waals surface area contributed by atoms with E-state index in [1.165, 1.54) is 6.20 Å². The van der Waals surface area contributed by atoms with Crippen LogP contribution in [0.3, 0.4) is 0 Å². The Balaban J connectivity index is 1.36. The van der Waals surface area contributed by atoms with Crippen LogP contribution in [0, 0.1) is 0 Å². The third-order valence-corrected chi connectivity index (χ3v) is 7.13. The molecule has 0 saturated carbocycles. The third kappa shape index (κ3) is 7.53. The van der Waals surface area contributed by atoms with Crippen LogP contribution in [0.15, 0.2) is 97.6 Å². The maximum Gasteiger partial charge on any atom is 0.323 e. The summed E-state index contributed by atoms with van der Waals surface area (Å²) in [5.74, 6) is -1.68. The summed E-state index contributed by atoms with van der Waals surface area (Å²) in [5.41, 5.74) is 2.95. The van der Waals surface area contributed by atoms with Gasteiger partial charge in [0.2, 0.25) is 0 Å². The van der Waals surface area contributed by atoms with Crippen LogP contribution in [0.25, 0.3) is 0 Å². The number of pyridine rings is 2. The van der Waals surface area contributed by atoms with Gasteiger partial charge in [0.25, 0.3) is 11.8 Å². The molecule has 4 aromatic rings. The highest BCUT2D eigenvalue weighted by atomic mass is 16.4. The molecule has 2 aromatic carbocycles. The number of benzene rings is 2. The van der Waals surface area contributed by atoms with Gasteiger partial charge in [0.05, 0.1) is 29.4 Å². The highest BCUT2D eigenvalue weighted by Gasteiger charge is 2.25. The van der Waals surface area contributed by atoms with Crippen LogP contribution >= 0.6 is 0 Å². The number of nitrogens with zero attached hydrogens (tertiary/aromatic N) is 4. The maximum absolute atomic E-state index is 13.4. The largest absolute Gasteiger partial charge is 0.481 e. The number of aromatic nitrogens is 2. The molecule has 12 nitrogen and oxygen atoms in total. The number of nitrogens with one attached hydrogen (secondary N) is 3. The van der Waals surface area contributed by atoms with Crippen molar-refractivity contribution in [3.63, 3.8) is 0 Å². The lowest BCUT2D eigenvalue weighted by atomic mass is 10.0. The van der Waals surface area contributed by atoms with E-state index in [-0.39, 0.29) is 17.9 Å². The van der Waals surface area contributed by atoms with Gasteiger partial charge in [-0.15, -0.1) is 0 Å². The monoisotopic (exact) mass is 593 g/mol. The standard InChI is InChI=1S/C32H31N7O5/c40-29(41)19-26(23-6-4-12-33-20-23)36-30(42)22-10-11-28(27(18-22)37-32(44)35-25-8-2-1-3-9-25)38-14-16-39(17-15-38)31(43)24-7-5-13-34-21-24/h1-13,18,20-21,26H,14-17,19H2,(H,36,42)(H,40,41)(H2,35,37,44). The fourth-order valence-corrected chi connectivity index (χ4v) is 4.93. The first-order valence-electron chi connectivity index (χ1n) is 14.0. The summed E-state index contributed by atoms with van der Waals surface area (Å²) in [6.45, 7) is 1.89. The minimum Gasteiger partial charge on any atom is -0.481 e. The SMILES string of the molecule is O=C(O)CC(NC(=O)c1ccc(N2CCN(C(=O)c3cccnc3)CC2)c(NC(=O)Nc2ccccc2)c1)c1cccnc1. The predicted molar refractivity (Wildman–Crippen MR) is 165 cm³/mol. The van der Waals surface area contributed by atoms with E-state index in [1.807, 2.05) is 11.0 Å². The minimum absolute atomic E-state index is 0.102. The Morgan fingerprint density at radius 3 is 2.18 bits per heavy atom. The second-order valence-corrected chi connectivity index (χ2v) is 10.1. The van der Waals surface area contributed by atoms with Gasteiger partial charge >= 0.3 is 12.0 Å². The Morgan fingerprint density at radius 2 is 1.52 bits per heavy atom. The molecular formula is C32H31N7O5. The summed E-state index contributed by atoms with van der Waals surface area (Å²) in [7, 11) is 0. The number of para-hydroxylation sites is 1. The second-order valence-electron chi connectivity index (χ2n) is 10.1. The number of carboxylic acid groups (broad SMARTS) is 1. The lowest BCUT2D eigenvalue weighted by Crippen LogP contribution is -2.49. The summed E-state index contributed by atoms with van der Waals surface area (Å²) in [6, 6.07) is 19.4. The smallest absolute Gasteiger partial charge is 0.323 e. The first kappa shape index (κ1) is 29.7. The molecule has 1 saturated heterocycles. The average Bonchev–Trinajstić information content (AvgIpc) is 3.05. The summed E-state index contributed by atoms with van der Waals surface area (Å²) < 4.78 is 0. The van der Waals surface area contributed by atoms with Gasteiger partial charge in [-0.3, -0.25) is 24.4 Å². The van der Waals surface area contributed by atoms with Crippen LogP contribution in [-0.2, 0) is 4.79 Å². The molecule has 5 rings (SSSR count). The van der Waals surface area contributed by atoms with Crippen LogP contribution in [0.5, 0.6) is 0 Å². The topological polar surface area (TPSA) is 157 Å². The maximum atomic E-state index is 13.4. The lowest BCUT2D eigenvalue weighted by molar-refractivity contribution is -0.137. The summed E-state index contributed by atoms with van der Waals surface area (Å²) in [4.78, 5) is 62.7. The molecule has 12 heteroatoms. The van der Waals surface area contributed by atoms with Gasteiger partial charge in [-0.25, -0.2) is 4.79 Å². The number of urea groups is 1. The molecule has 0 radical (unpaired) electrons. The number of carboxylic acids is 1. The quantitative estimate of drug-likeness (QED) is 0.227. The number of amides is 4. The van der Waals surface area contributed by atoms with Crippen LogP contribution in [0.4, 0.5) is 21.9 Å². The molecule has 1 aliphatic heterocycles. The van der Waals surface area contributed by atoms with Crippen LogP contribution in [-0.4, -0.2) is 70.0 Å². The molecule has 1 unspecified atom stereocenters. The van der Waals surface area contributed by atoms with Crippen LogP contribution in [0.1, 0.15) is 38.7 Å². The lowest BCUT2D eigenvalue weighted by Gasteiger charge is -2.37. The molecule has 4 amide bonds. The van der Waals surface area contributed by atoms with Gasteiger partial charge in [0.15, 0.2) is 0 Å². The number of rotatable bonds is 9. The third-order valence-electron chi connectivity index (χ3n) is 7.13. The van der Waals surface area contributed by atoms with E-state index in [9.17, 15) is 24.3 Å². The van der Waals surface area contributed by atoms with Crippen molar-refractivity contribution in [2.24, 2.45) is 0 Å². The van der Waals surface area contributed by atoms with E-state index < -0.39 is 23.9 Å². The van der Waals surface area contributed by atoms with Crippen molar-refractivity contribution in [3.05, 3.63) is 114 Å². The van der Waals surface area contributed by atoms with Crippen molar-refractivity contribution in [3.8, 4) is 0 Å². The number of piperazine rings is 1. The summed E-state index contributed by atoms with van der Waals surface area (Å²) in [5, 5.41) is 17.9. The number of hydrogen-bond donors (Lipinski definition) is 4. The molecular weight excluding hydrogens is 562 g/mol. The van der Waals surface area contributed by atoms with Crippen LogP contribution < -0.4 is 20.9 Å². The van der Waals surface area contributed by atoms with Gasteiger partial charge in [-0.05, 0) is 54.1 Å². The van der Waals surface area contributed by atoms with E-state index in [0.29, 0.717) is 54.4 Å². The van der Waals surface area contributed by atoms with Crippen molar-refractivity contribution < 1.29 is 24.3 Å². The average molecular weight is 594 g/mol. The number of carbonyl (C=O) groups excluding carboxylic acids is 3. The van der Waals surface area contributed by atoms with Crippen molar-refractivity contribution in [1.82, 2.24) is 20.2 Å². The zero-order valence-corrected chi connectivity index (χ0v) is 23.7. The number of hydrogen-bond acceptors (Lipinski definition) is 7. The fourth-order valence-electron chi connectivity index (χ4n) is 4.93. The van der Waals surface area contributed by atoms with Gasteiger partial charge in [-0.1, -0.05) is 24.3 Å². The van der Waals surface area contributed by atoms with Crippen molar-refractivity contribution in [2.45, 2.75) is 12.5 Å². The van der Waals surface area contributed by atoms with E-state index in [0.717, 1.165) is 0 Å². The van der Waals surface area contributed by atoms with Crippen LogP contribution in [0.2, 0.25) is 0 Å². The molecule has 1 atom stereocenters. The van der Waals surface area contributed by atoms with E-state index in [4.69, 9.17) is 0 Å². The zero-order valence-electron chi connectivity index (χ0n) is 23.7. The number of aliphatic carboxylic acids is 1. The molecule has 2 aromatic heterocycles. The predicted octanol–water partition coefficient (Wildman–Crippen LogP) is 4.03. The molecule has 224 valence electrons. The molecule has 0 spiro atoms. The summed E-state index contributed by atoms with van der Waals surface area (Å²) in [6.07, 6.45) is 5.90. The Morgan fingerprint density at radius 1 is 0.795 bits per heavy atom. The minimum atomic E-state index is -1.07. The summed E-state index contributed by atoms with van der Waals surface area (Å²) >= 11 is 0. The van der Waals surface area contributed by atoms with Gasteiger partial charge < -0.3 is 30.9 Å². The molecule has 44 heavy (non-hydrogen) atoms. The fraction of sp³-hybridized carbons (Fsp3) is 0.188. The highest BCUT2D eigenvalue weighted by molar-refractivity contribution is 6.04. The normalized spacial score (nSPS) is 13.5. The van der Waals surface area contributed by atoms with Gasteiger partial charge in [0, 0.05) is 62.2 Å². The van der Waals surface area contributed by atoms with Crippen molar-refractivity contribution in [2.75, 3.05) is 41.7 Å². The highest BCUT2D eigenvalue weighted by Crippen LogP contribution is 2.29. The Bertz CT molecular complexity index is 1610. The Labute approximate surface area is 253 Å². The van der Waals surface area contributed by atoms with Gasteiger partial charge in [-0.2, -0.15) is 0 Å². The second kappa shape index (κ2) is 13.9. The van der Waals surface area contributed by atoms with Crippen molar-refractivity contribution >= 4 is 40.9 Å². The molecule has 4 N–H and O–H groups in total. The van der Waals surface area contributed by atoms with E-state index in [1.54, 1.807) is 90.2 Å². The molecule has 0 aliphatic carbocycles. The zero-order chi connectivity index (χ0) is 30.9.